The molecule has 0 atom stereocenters. The molecule has 2 amide bonds. The minimum atomic E-state index is -0.345. The zero-order chi connectivity index (χ0) is 18.8. The van der Waals surface area contributed by atoms with Crippen LogP contribution in [0.15, 0.2) is 71.1 Å². The standard InChI is InChI=1S/C21H16ClN3O2/c1-13-5-10-18-19(11-13)27-20(25-18)14-6-8-16(9-7-14)23-21(26)24-17-4-2-3-15(22)12-17/h2-12H,1H3,(H2,23,24,26). The van der Waals surface area contributed by atoms with Crippen LogP contribution >= 0.6 is 11.6 Å². The Balaban J connectivity index is 1.47. The van der Waals surface area contributed by atoms with Crippen molar-refractivity contribution in [3.63, 3.8) is 0 Å². The summed E-state index contributed by atoms with van der Waals surface area (Å²) in [6, 6.07) is 19.8. The summed E-state index contributed by atoms with van der Waals surface area (Å²) < 4.78 is 5.82. The second kappa shape index (κ2) is 7.13. The molecule has 134 valence electrons. The van der Waals surface area contributed by atoms with E-state index in [9.17, 15) is 4.79 Å². The minimum Gasteiger partial charge on any atom is -0.436 e. The summed E-state index contributed by atoms with van der Waals surface area (Å²) in [6.07, 6.45) is 0. The Bertz CT molecular complexity index is 1120. The molecule has 0 unspecified atom stereocenters. The number of anilines is 2. The molecule has 0 aliphatic carbocycles. The van der Waals surface area contributed by atoms with Crippen LogP contribution in [-0.2, 0) is 0 Å². The Morgan fingerprint density at radius 2 is 1.74 bits per heavy atom. The molecule has 4 rings (SSSR count). The number of oxazole rings is 1. The van der Waals surface area contributed by atoms with E-state index in [1.165, 1.54) is 0 Å². The molecule has 5 nitrogen and oxygen atoms in total. The molecule has 1 aromatic heterocycles. The number of aromatic nitrogens is 1. The second-order valence-electron chi connectivity index (χ2n) is 6.16. The van der Waals surface area contributed by atoms with Gasteiger partial charge in [-0.3, -0.25) is 0 Å². The van der Waals surface area contributed by atoms with E-state index >= 15 is 0 Å². The Kier molecular flexibility index (Phi) is 4.52. The van der Waals surface area contributed by atoms with E-state index in [4.69, 9.17) is 16.0 Å². The first kappa shape index (κ1) is 17.1. The van der Waals surface area contributed by atoms with Crippen molar-refractivity contribution in [3.05, 3.63) is 77.3 Å². The Morgan fingerprint density at radius 3 is 2.52 bits per heavy atom. The maximum absolute atomic E-state index is 12.1. The van der Waals surface area contributed by atoms with Crippen molar-refractivity contribution in [2.45, 2.75) is 6.92 Å². The molecular formula is C21H16ClN3O2. The fourth-order valence-corrected chi connectivity index (χ4v) is 2.90. The van der Waals surface area contributed by atoms with Crippen LogP contribution in [0, 0.1) is 6.92 Å². The number of rotatable bonds is 3. The molecule has 0 saturated heterocycles. The SMILES string of the molecule is Cc1ccc2nc(-c3ccc(NC(=O)Nc4cccc(Cl)c4)cc3)oc2c1. The quantitative estimate of drug-likeness (QED) is 0.453. The number of carbonyl (C=O) groups is 1. The highest BCUT2D eigenvalue weighted by Gasteiger charge is 2.09. The van der Waals surface area contributed by atoms with Crippen molar-refractivity contribution < 1.29 is 9.21 Å². The van der Waals surface area contributed by atoms with E-state index in [0.717, 1.165) is 22.2 Å². The fourth-order valence-electron chi connectivity index (χ4n) is 2.71. The summed E-state index contributed by atoms with van der Waals surface area (Å²) in [5.41, 5.74) is 4.82. The molecule has 0 fully saturated rings. The van der Waals surface area contributed by atoms with E-state index in [0.29, 0.717) is 22.3 Å². The highest BCUT2D eigenvalue weighted by atomic mass is 35.5. The number of fused-ring (bicyclic) bond motifs is 1. The van der Waals surface area contributed by atoms with Crippen LogP contribution in [0.25, 0.3) is 22.6 Å². The highest BCUT2D eigenvalue weighted by molar-refractivity contribution is 6.30. The molecule has 6 heteroatoms. The Morgan fingerprint density at radius 1 is 0.963 bits per heavy atom. The predicted molar refractivity (Wildman–Crippen MR) is 108 cm³/mol. The number of hydrogen-bond acceptors (Lipinski definition) is 3. The number of nitrogens with zero attached hydrogens (tertiary/aromatic N) is 1. The number of halogens is 1. The molecule has 27 heavy (non-hydrogen) atoms. The lowest BCUT2D eigenvalue weighted by Crippen LogP contribution is -2.19. The van der Waals surface area contributed by atoms with E-state index in [-0.39, 0.29) is 6.03 Å². The lowest BCUT2D eigenvalue weighted by molar-refractivity contribution is 0.262. The summed E-state index contributed by atoms with van der Waals surface area (Å²) in [5.74, 6) is 0.547. The van der Waals surface area contributed by atoms with Gasteiger partial charge in [0.25, 0.3) is 0 Å². The molecule has 0 bridgehead atoms. The van der Waals surface area contributed by atoms with Gasteiger partial charge in [0.05, 0.1) is 0 Å². The molecule has 3 aromatic carbocycles. The van der Waals surface area contributed by atoms with Crippen LogP contribution in [0.5, 0.6) is 0 Å². The summed E-state index contributed by atoms with van der Waals surface area (Å²) >= 11 is 5.92. The van der Waals surface area contributed by atoms with Gasteiger partial charge in [-0.1, -0.05) is 23.7 Å². The van der Waals surface area contributed by atoms with Crippen molar-refractivity contribution in [1.82, 2.24) is 4.98 Å². The molecule has 4 aromatic rings. The van der Waals surface area contributed by atoms with Gasteiger partial charge in [0.1, 0.15) is 5.52 Å². The third-order valence-electron chi connectivity index (χ3n) is 4.02. The molecular weight excluding hydrogens is 362 g/mol. The normalized spacial score (nSPS) is 10.7. The topological polar surface area (TPSA) is 67.2 Å². The summed E-state index contributed by atoms with van der Waals surface area (Å²) in [7, 11) is 0. The largest absolute Gasteiger partial charge is 0.436 e. The van der Waals surface area contributed by atoms with Crippen molar-refractivity contribution in [3.8, 4) is 11.5 Å². The molecule has 0 spiro atoms. The number of carbonyl (C=O) groups excluding carboxylic acids is 1. The van der Waals surface area contributed by atoms with Crippen LogP contribution in [0.1, 0.15) is 5.56 Å². The monoisotopic (exact) mass is 377 g/mol. The molecule has 0 saturated carbocycles. The number of nitrogens with one attached hydrogen (secondary N) is 2. The van der Waals surface area contributed by atoms with Gasteiger partial charge in [0, 0.05) is 22.0 Å². The maximum Gasteiger partial charge on any atom is 0.323 e. The van der Waals surface area contributed by atoms with Gasteiger partial charge >= 0.3 is 6.03 Å². The van der Waals surface area contributed by atoms with Crippen LogP contribution in [0.3, 0.4) is 0 Å². The fraction of sp³-hybridized carbons (Fsp3) is 0.0476. The van der Waals surface area contributed by atoms with Crippen LogP contribution in [-0.4, -0.2) is 11.0 Å². The van der Waals surface area contributed by atoms with Crippen LogP contribution < -0.4 is 10.6 Å². The van der Waals surface area contributed by atoms with Gasteiger partial charge < -0.3 is 15.1 Å². The first-order valence-corrected chi connectivity index (χ1v) is 8.76. The number of hydrogen-bond donors (Lipinski definition) is 2. The Labute approximate surface area is 161 Å². The predicted octanol–water partition coefficient (Wildman–Crippen LogP) is 6.10. The van der Waals surface area contributed by atoms with Crippen molar-refractivity contribution in [1.29, 1.82) is 0 Å². The number of benzene rings is 3. The van der Waals surface area contributed by atoms with Gasteiger partial charge in [-0.05, 0) is 67.1 Å². The first-order chi connectivity index (χ1) is 13.1. The lowest BCUT2D eigenvalue weighted by Gasteiger charge is -2.08. The smallest absolute Gasteiger partial charge is 0.323 e. The third-order valence-corrected chi connectivity index (χ3v) is 4.25. The van der Waals surface area contributed by atoms with Gasteiger partial charge in [-0.25, -0.2) is 9.78 Å². The van der Waals surface area contributed by atoms with E-state index in [1.54, 1.807) is 36.4 Å². The van der Waals surface area contributed by atoms with E-state index in [1.807, 2.05) is 37.3 Å². The van der Waals surface area contributed by atoms with Gasteiger partial charge in [-0.2, -0.15) is 0 Å². The Hall–Kier alpha value is -3.31. The van der Waals surface area contributed by atoms with Crippen LogP contribution in [0.2, 0.25) is 5.02 Å². The molecule has 2 N–H and O–H groups in total. The van der Waals surface area contributed by atoms with Gasteiger partial charge in [-0.15, -0.1) is 0 Å². The minimum absolute atomic E-state index is 0.345. The molecule has 0 aliphatic rings. The van der Waals surface area contributed by atoms with Crippen molar-refractivity contribution in [2.75, 3.05) is 10.6 Å². The second-order valence-corrected chi connectivity index (χ2v) is 6.59. The van der Waals surface area contributed by atoms with Crippen molar-refractivity contribution in [2.24, 2.45) is 0 Å². The third kappa shape index (κ3) is 3.93. The molecule has 0 aliphatic heterocycles. The molecule has 0 radical (unpaired) electrons. The summed E-state index contributed by atoms with van der Waals surface area (Å²) in [6.45, 7) is 2.01. The number of amides is 2. The molecule has 1 heterocycles. The van der Waals surface area contributed by atoms with E-state index in [2.05, 4.69) is 15.6 Å². The first-order valence-electron chi connectivity index (χ1n) is 8.38. The van der Waals surface area contributed by atoms with Gasteiger partial charge in [0.15, 0.2) is 5.58 Å². The maximum atomic E-state index is 12.1. The number of aryl methyl sites for hydroxylation is 1. The zero-order valence-electron chi connectivity index (χ0n) is 14.5. The van der Waals surface area contributed by atoms with Gasteiger partial charge in [0.2, 0.25) is 5.89 Å². The summed E-state index contributed by atoms with van der Waals surface area (Å²) in [4.78, 5) is 16.6. The van der Waals surface area contributed by atoms with Crippen LogP contribution in [0.4, 0.5) is 16.2 Å². The summed E-state index contributed by atoms with van der Waals surface area (Å²) in [5, 5.41) is 6.07. The average Bonchev–Trinajstić information content (AvgIpc) is 3.05. The number of urea groups is 1. The van der Waals surface area contributed by atoms with Crippen molar-refractivity contribution >= 4 is 40.1 Å². The lowest BCUT2D eigenvalue weighted by atomic mass is 10.2. The zero-order valence-corrected chi connectivity index (χ0v) is 15.2. The average molecular weight is 378 g/mol. The van der Waals surface area contributed by atoms with E-state index < -0.39 is 0 Å². The highest BCUT2D eigenvalue weighted by Crippen LogP contribution is 2.26.